The molecule has 0 aromatic carbocycles. The molecule has 2 fully saturated rings. The monoisotopic (exact) mass is 586 g/mol. The van der Waals surface area contributed by atoms with Gasteiger partial charge in [0.05, 0.1) is 11.8 Å². The molecule has 1 saturated carbocycles. The number of allylic oxidation sites excluding steroid dienone is 1. The maximum absolute atomic E-state index is 12.8. The van der Waals surface area contributed by atoms with Gasteiger partial charge < -0.3 is 15.1 Å². The van der Waals surface area contributed by atoms with Crippen LogP contribution >= 0.6 is 11.3 Å². The van der Waals surface area contributed by atoms with E-state index in [1.165, 1.54) is 12.4 Å². The number of thiophene rings is 1. The van der Waals surface area contributed by atoms with Crippen molar-refractivity contribution < 1.29 is 26.3 Å². The summed E-state index contributed by atoms with van der Waals surface area (Å²) in [5.41, 5.74) is 0.514. The second-order valence-corrected chi connectivity index (χ2v) is 12.3. The Morgan fingerprint density at radius 2 is 1.82 bits per heavy atom. The van der Waals surface area contributed by atoms with Crippen molar-refractivity contribution in [3.63, 3.8) is 0 Å². The Bertz CT molecular complexity index is 1240. The van der Waals surface area contributed by atoms with Crippen molar-refractivity contribution in [1.82, 2.24) is 19.8 Å². The Morgan fingerprint density at radius 3 is 2.52 bits per heavy atom. The van der Waals surface area contributed by atoms with Crippen LogP contribution in [0, 0.1) is 23.2 Å². The van der Waals surface area contributed by atoms with Gasteiger partial charge in [-0.15, -0.1) is 11.3 Å². The van der Waals surface area contributed by atoms with Crippen LogP contribution in [0.2, 0.25) is 0 Å². The molecule has 40 heavy (non-hydrogen) atoms. The molecule has 0 amide bonds. The summed E-state index contributed by atoms with van der Waals surface area (Å²) in [4.78, 5) is 13.6. The molecular weight excluding hydrogens is 554 g/mol. The Hall–Kier alpha value is -2.59. The largest absolute Gasteiger partial charge is 0.393 e. The normalized spacial score (nSPS) is 24.7. The Kier molecular flexibility index (Phi) is 8.47. The van der Waals surface area contributed by atoms with Crippen LogP contribution in [0.1, 0.15) is 49.8 Å². The summed E-state index contributed by atoms with van der Waals surface area (Å²) in [6.45, 7) is 2.99. The van der Waals surface area contributed by atoms with Gasteiger partial charge in [0.1, 0.15) is 28.7 Å². The highest BCUT2D eigenvalue weighted by atomic mass is 32.1. The topological polar surface area (TPSA) is 68.1 Å². The SMILES string of the molecule is N#CC1=CC2CC(CN3CCC(Nc4ncnc5sc(CC(F)(F)F)cc45)CC3)CCC2N1CCCC(F)(F)F. The van der Waals surface area contributed by atoms with Gasteiger partial charge in [-0.3, -0.25) is 0 Å². The fraction of sp³-hybridized carbons (Fsp3) is 0.667. The van der Waals surface area contributed by atoms with E-state index in [2.05, 4.69) is 26.3 Å². The van der Waals surface area contributed by atoms with Gasteiger partial charge in [-0.05, 0) is 56.6 Å². The average Bonchev–Trinajstić information content (AvgIpc) is 3.44. The van der Waals surface area contributed by atoms with E-state index in [1.807, 2.05) is 11.0 Å². The number of fused-ring (bicyclic) bond motifs is 2. The molecule has 2 aromatic rings. The molecule has 0 radical (unpaired) electrons. The third-order valence-corrected chi connectivity index (χ3v) is 9.27. The molecule has 1 aliphatic carbocycles. The van der Waals surface area contributed by atoms with Crippen LogP contribution in [-0.2, 0) is 6.42 Å². The number of nitrogens with one attached hydrogen (secondary N) is 1. The molecule has 2 aromatic heterocycles. The summed E-state index contributed by atoms with van der Waals surface area (Å²) in [5.74, 6) is 1.25. The van der Waals surface area contributed by atoms with Gasteiger partial charge in [0.15, 0.2) is 0 Å². The number of aromatic nitrogens is 2. The fourth-order valence-corrected chi connectivity index (χ4v) is 7.48. The summed E-state index contributed by atoms with van der Waals surface area (Å²) < 4.78 is 76.4. The predicted octanol–water partition coefficient (Wildman–Crippen LogP) is 6.52. The van der Waals surface area contributed by atoms with Gasteiger partial charge in [0.2, 0.25) is 0 Å². The van der Waals surface area contributed by atoms with Gasteiger partial charge in [0, 0.05) is 55.5 Å². The van der Waals surface area contributed by atoms with Crippen molar-refractivity contribution in [3.8, 4) is 6.07 Å². The highest BCUT2D eigenvalue weighted by Gasteiger charge is 2.40. The first kappa shape index (κ1) is 28.9. The van der Waals surface area contributed by atoms with Crippen LogP contribution in [0.15, 0.2) is 24.2 Å². The second-order valence-electron chi connectivity index (χ2n) is 11.2. The van der Waals surface area contributed by atoms with Crippen LogP contribution in [0.5, 0.6) is 0 Å². The van der Waals surface area contributed by atoms with E-state index in [4.69, 9.17) is 0 Å². The van der Waals surface area contributed by atoms with Gasteiger partial charge in [-0.25, -0.2) is 9.97 Å². The van der Waals surface area contributed by atoms with E-state index in [-0.39, 0.29) is 35.8 Å². The smallest absolute Gasteiger partial charge is 0.367 e. The molecule has 0 spiro atoms. The van der Waals surface area contributed by atoms with Crippen molar-refractivity contribution in [3.05, 3.63) is 29.0 Å². The molecule has 2 aliphatic heterocycles. The molecule has 3 unspecified atom stereocenters. The van der Waals surface area contributed by atoms with Crippen molar-refractivity contribution in [2.24, 2.45) is 11.8 Å². The summed E-state index contributed by atoms with van der Waals surface area (Å²) >= 11 is 1.04. The number of anilines is 1. The van der Waals surface area contributed by atoms with Crippen molar-refractivity contribution in [2.45, 2.75) is 75.8 Å². The number of halogens is 6. The lowest BCUT2D eigenvalue weighted by Gasteiger charge is -2.40. The number of nitrogens with zero attached hydrogens (tertiary/aromatic N) is 5. The first-order valence-corrected chi connectivity index (χ1v) is 14.5. The minimum Gasteiger partial charge on any atom is -0.367 e. The zero-order valence-electron chi connectivity index (χ0n) is 21.9. The van der Waals surface area contributed by atoms with Crippen LogP contribution in [0.3, 0.4) is 0 Å². The van der Waals surface area contributed by atoms with Gasteiger partial charge >= 0.3 is 12.4 Å². The summed E-state index contributed by atoms with van der Waals surface area (Å²) in [6, 6.07) is 4.01. The van der Waals surface area contributed by atoms with Crippen molar-refractivity contribution in [1.29, 1.82) is 5.26 Å². The quantitative estimate of drug-likeness (QED) is 0.355. The van der Waals surface area contributed by atoms with Crippen molar-refractivity contribution in [2.75, 3.05) is 31.5 Å². The van der Waals surface area contributed by atoms with E-state index in [0.717, 1.165) is 63.1 Å². The van der Waals surface area contributed by atoms with E-state index in [0.29, 0.717) is 27.6 Å². The Balaban J connectivity index is 1.10. The second kappa shape index (κ2) is 11.7. The molecule has 1 N–H and O–H groups in total. The third kappa shape index (κ3) is 7.18. The van der Waals surface area contributed by atoms with Crippen LogP contribution in [0.4, 0.5) is 32.2 Å². The average molecular weight is 587 g/mol. The third-order valence-electron chi connectivity index (χ3n) is 8.23. The Morgan fingerprint density at radius 1 is 1.05 bits per heavy atom. The first-order valence-electron chi connectivity index (χ1n) is 13.7. The molecule has 0 bridgehead atoms. The lowest BCUT2D eigenvalue weighted by Crippen LogP contribution is -2.44. The maximum Gasteiger partial charge on any atom is 0.393 e. The number of piperidine rings is 1. The van der Waals surface area contributed by atoms with E-state index < -0.39 is 25.2 Å². The molecule has 3 aliphatic rings. The van der Waals surface area contributed by atoms with Crippen LogP contribution < -0.4 is 5.32 Å². The number of hydrogen-bond acceptors (Lipinski definition) is 7. The van der Waals surface area contributed by atoms with E-state index >= 15 is 0 Å². The standard InChI is InChI=1S/C27H32F6N6S/c28-26(29,30)6-1-7-39-20(14-34)11-18-10-17(2-3-23(18)39)15-38-8-4-19(5-9-38)37-24-22-12-21(13-27(31,32)33)40-25(22)36-16-35-24/h11-12,16-19,23H,1-10,13,15H2,(H,35,36,37). The lowest BCUT2D eigenvalue weighted by atomic mass is 9.78. The minimum absolute atomic E-state index is 0.000185. The Labute approximate surface area is 233 Å². The summed E-state index contributed by atoms with van der Waals surface area (Å²) in [6.07, 6.45) is -2.34. The molecular formula is C27H32F6N6S. The van der Waals surface area contributed by atoms with E-state index in [1.54, 1.807) is 0 Å². The predicted molar refractivity (Wildman–Crippen MR) is 141 cm³/mol. The van der Waals surface area contributed by atoms with Crippen LogP contribution in [0.25, 0.3) is 10.2 Å². The van der Waals surface area contributed by atoms with Crippen molar-refractivity contribution >= 4 is 27.4 Å². The molecule has 3 atom stereocenters. The summed E-state index contributed by atoms with van der Waals surface area (Å²) in [5, 5.41) is 13.6. The number of likely N-dealkylation sites (tertiary alicyclic amines) is 1. The number of alkyl halides is 6. The van der Waals surface area contributed by atoms with E-state index in [9.17, 15) is 31.6 Å². The molecule has 1 saturated heterocycles. The van der Waals surface area contributed by atoms with Crippen LogP contribution in [-0.4, -0.2) is 70.4 Å². The number of nitriles is 1. The first-order chi connectivity index (χ1) is 19.0. The summed E-state index contributed by atoms with van der Waals surface area (Å²) in [7, 11) is 0. The minimum atomic E-state index is -4.27. The molecule has 13 heteroatoms. The highest BCUT2D eigenvalue weighted by molar-refractivity contribution is 7.18. The number of rotatable bonds is 8. The highest BCUT2D eigenvalue weighted by Crippen LogP contribution is 2.41. The maximum atomic E-state index is 12.8. The fourth-order valence-electron chi connectivity index (χ4n) is 6.45. The molecule has 5 rings (SSSR count). The molecule has 218 valence electrons. The van der Waals surface area contributed by atoms with Gasteiger partial charge in [-0.1, -0.05) is 0 Å². The number of hydrogen-bond donors (Lipinski definition) is 1. The molecule has 4 heterocycles. The lowest BCUT2D eigenvalue weighted by molar-refractivity contribution is -0.136. The zero-order chi connectivity index (χ0) is 28.5. The van der Waals surface area contributed by atoms with Gasteiger partial charge in [-0.2, -0.15) is 31.6 Å². The van der Waals surface area contributed by atoms with Gasteiger partial charge in [0.25, 0.3) is 0 Å². The molecule has 6 nitrogen and oxygen atoms in total. The zero-order valence-corrected chi connectivity index (χ0v) is 22.8.